The van der Waals surface area contributed by atoms with Crippen LogP contribution in [0.3, 0.4) is 0 Å². The van der Waals surface area contributed by atoms with Crippen LogP contribution in [0.4, 0.5) is 5.69 Å². The minimum absolute atomic E-state index is 0.173. The molecule has 0 aliphatic carbocycles. The number of hydrogen-bond acceptors (Lipinski definition) is 8. The first-order chi connectivity index (χ1) is 17.0. The fraction of sp³-hybridized carbons (Fsp3) is 0.333. The van der Waals surface area contributed by atoms with Gasteiger partial charge in [0, 0.05) is 55.5 Å². The molecule has 2 amide bonds. The Morgan fingerprint density at radius 3 is 2.60 bits per heavy atom. The van der Waals surface area contributed by atoms with Crippen molar-refractivity contribution in [2.45, 2.75) is 6.61 Å². The molecule has 2 aromatic carbocycles. The van der Waals surface area contributed by atoms with Crippen molar-refractivity contribution in [3.8, 4) is 5.75 Å². The standard InChI is InChI=1S/C24H27ClN6O3S/c1-30-11-13-31(14-12-30)10-9-26-22(32)17-3-2-4-19(15-17)27-23(33)24-29-28-21(35-24)16-34-20-7-5-18(25)6-8-20/h2-8,15H,9-14,16H2,1H3,(H,26,32)(H,27,33). The number of carbonyl (C=O) groups excluding carboxylic acids is 2. The van der Waals surface area contributed by atoms with Gasteiger partial charge in [-0.3, -0.25) is 14.5 Å². The van der Waals surface area contributed by atoms with Crippen LogP contribution in [0.5, 0.6) is 5.75 Å². The number of rotatable bonds is 9. The molecule has 9 nitrogen and oxygen atoms in total. The third-order valence-electron chi connectivity index (χ3n) is 5.53. The summed E-state index contributed by atoms with van der Waals surface area (Å²) in [5, 5.41) is 15.1. The summed E-state index contributed by atoms with van der Waals surface area (Å²) < 4.78 is 5.64. The van der Waals surface area contributed by atoms with Crippen LogP contribution in [-0.2, 0) is 6.61 Å². The highest BCUT2D eigenvalue weighted by Crippen LogP contribution is 2.19. The van der Waals surface area contributed by atoms with Crippen LogP contribution >= 0.6 is 22.9 Å². The van der Waals surface area contributed by atoms with Crippen molar-refractivity contribution in [2.24, 2.45) is 0 Å². The Morgan fingerprint density at radius 1 is 1.06 bits per heavy atom. The lowest BCUT2D eigenvalue weighted by Gasteiger charge is -2.32. The van der Waals surface area contributed by atoms with Crippen LogP contribution < -0.4 is 15.4 Å². The van der Waals surface area contributed by atoms with Gasteiger partial charge in [0.05, 0.1) is 0 Å². The van der Waals surface area contributed by atoms with Crippen LogP contribution in [0.15, 0.2) is 48.5 Å². The number of piperazine rings is 1. The molecule has 0 atom stereocenters. The average molecular weight is 515 g/mol. The monoisotopic (exact) mass is 514 g/mol. The number of nitrogens with zero attached hydrogens (tertiary/aromatic N) is 4. The van der Waals surface area contributed by atoms with E-state index < -0.39 is 5.91 Å². The van der Waals surface area contributed by atoms with Crippen LogP contribution in [0.25, 0.3) is 0 Å². The molecule has 0 spiro atoms. The third kappa shape index (κ3) is 7.46. The fourth-order valence-corrected chi connectivity index (χ4v) is 4.28. The normalized spacial score (nSPS) is 14.5. The van der Waals surface area contributed by atoms with Crippen LogP contribution in [0.1, 0.15) is 25.2 Å². The van der Waals surface area contributed by atoms with Gasteiger partial charge < -0.3 is 20.3 Å². The Morgan fingerprint density at radius 2 is 1.83 bits per heavy atom. The number of likely N-dealkylation sites (N-methyl/N-ethyl adjacent to an activating group) is 1. The van der Waals surface area contributed by atoms with Crippen LogP contribution in [-0.4, -0.2) is 78.1 Å². The molecule has 0 radical (unpaired) electrons. The van der Waals surface area contributed by atoms with Crippen molar-refractivity contribution in [1.82, 2.24) is 25.3 Å². The van der Waals surface area contributed by atoms with Crippen molar-refractivity contribution >= 4 is 40.4 Å². The van der Waals surface area contributed by atoms with Crippen molar-refractivity contribution in [3.05, 3.63) is 69.1 Å². The van der Waals surface area contributed by atoms with Gasteiger partial charge in [0.2, 0.25) is 5.01 Å². The lowest BCUT2D eigenvalue weighted by molar-refractivity contribution is 0.0940. The minimum Gasteiger partial charge on any atom is -0.486 e. The molecule has 1 aromatic heterocycles. The van der Waals surface area contributed by atoms with Gasteiger partial charge in [-0.25, -0.2) is 0 Å². The van der Waals surface area contributed by atoms with E-state index in [-0.39, 0.29) is 17.5 Å². The molecule has 3 aromatic rings. The van der Waals surface area contributed by atoms with E-state index in [2.05, 4.69) is 37.7 Å². The number of benzene rings is 2. The van der Waals surface area contributed by atoms with Gasteiger partial charge in [0.1, 0.15) is 12.4 Å². The van der Waals surface area contributed by atoms with Crippen molar-refractivity contribution < 1.29 is 14.3 Å². The molecular weight excluding hydrogens is 488 g/mol. The SMILES string of the molecule is CN1CCN(CCNC(=O)c2cccc(NC(=O)c3nnc(COc4ccc(Cl)cc4)s3)c2)CC1. The Kier molecular flexibility index (Phi) is 8.64. The zero-order valence-corrected chi connectivity index (χ0v) is 20.9. The van der Waals surface area contributed by atoms with E-state index in [1.54, 1.807) is 48.5 Å². The number of amides is 2. The summed E-state index contributed by atoms with van der Waals surface area (Å²) in [6, 6.07) is 13.8. The largest absolute Gasteiger partial charge is 0.486 e. The fourth-order valence-electron chi connectivity index (χ4n) is 3.50. The summed E-state index contributed by atoms with van der Waals surface area (Å²) in [6.07, 6.45) is 0. The number of hydrogen-bond donors (Lipinski definition) is 2. The lowest BCUT2D eigenvalue weighted by atomic mass is 10.2. The van der Waals surface area contributed by atoms with Crippen molar-refractivity contribution in [2.75, 3.05) is 51.6 Å². The maximum atomic E-state index is 12.6. The van der Waals surface area contributed by atoms with Gasteiger partial charge >= 0.3 is 0 Å². The molecule has 1 aliphatic heterocycles. The van der Waals surface area contributed by atoms with E-state index in [1.807, 2.05) is 0 Å². The second-order valence-electron chi connectivity index (χ2n) is 8.18. The van der Waals surface area contributed by atoms with E-state index in [0.29, 0.717) is 33.6 Å². The molecule has 1 aliphatic rings. The number of aromatic nitrogens is 2. The van der Waals surface area contributed by atoms with Gasteiger partial charge in [-0.15, -0.1) is 10.2 Å². The predicted molar refractivity (Wildman–Crippen MR) is 136 cm³/mol. The van der Waals surface area contributed by atoms with E-state index in [1.165, 1.54) is 0 Å². The van der Waals surface area contributed by atoms with Crippen molar-refractivity contribution in [3.63, 3.8) is 0 Å². The summed E-state index contributed by atoms with van der Waals surface area (Å²) in [7, 11) is 2.12. The maximum absolute atomic E-state index is 12.6. The van der Waals surface area contributed by atoms with Gasteiger partial charge in [0.25, 0.3) is 11.8 Å². The van der Waals surface area contributed by atoms with Crippen LogP contribution in [0, 0.1) is 0 Å². The Hall–Kier alpha value is -3.05. The molecule has 184 valence electrons. The quantitative estimate of drug-likeness (QED) is 0.453. The maximum Gasteiger partial charge on any atom is 0.286 e. The molecule has 35 heavy (non-hydrogen) atoms. The highest BCUT2D eigenvalue weighted by molar-refractivity contribution is 7.13. The molecule has 2 heterocycles. The zero-order valence-electron chi connectivity index (χ0n) is 19.4. The third-order valence-corrected chi connectivity index (χ3v) is 6.68. The van der Waals surface area contributed by atoms with E-state index >= 15 is 0 Å². The van der Waals surface area contributed by atoms with E-state index in [0.717, 1.165) is 44.1 Å². The molecule has 2 N–H and O–H groups in total. The summed E-state index contributed by atoms with van der Waals surface area (Å²) in [5.41, 5.74) is 0.992. The zero-order chi connectivity index (χ0) is 24.6. The number of nitrogens with one attached hydrogen (secondary N) is 2. The van der Waals surface area contributed by atoms with Gasteiger partial charge in [0.15, 0.2) is 5.01 Å². The highest BCUT2D eigenvalue weighted by atomic mass is 35.5. The molecular formula is C24H27ClN6O3S. The lowest BCUT2D eigenvalue weighted by Crippen LogP contribution is -2.46. The molecule has 1 saturated heterocycles. The first-order valence-corrected chi connectivity index (χ1v) is 12.5. The topological polar surface area (TPSA) is 99.7 Å². The summed E-state index contributed by atoms with van der Waals surface area (Å²) in [4.78, 5) is 29.8. The smallest absolute Gasteiger partial charge is 0.286 e. The molecule has 11 heteroatoms. The number of carbonyl (C=O) groups is 2. The minimum atomic E-state index is -0.395. The van der Waals surface area contributed by atoms with Gasteiger partial charge in [-0.2, -0.15) is 0 Å². The number of ether oxygens (including phenoxy) is 1. The average Bonchev–Trinajstić information content (AvgIpc) is 3.34. The predicted octanol–water partition coefficient (Wildman–Crippen LogP) is 3.00. The Labute approximate surface area is 213 Å². The second kappa shape index (κ2) is 12.1. The van der Waals surface area contributed by atoms with E-state index in [9.17, 15) is 9.59 Å². The number of anilines is 1. The molecule has 0 bridgehead atoms. The second-order valence-corrected chi connectivity index (χ2v) is 9.68. The molecule has 0 saturated carbocycles. The van der Waals surface area contributed by atoms with Gasteiger partial charge in [-0.1, -0.05) is 29.0 Å². The number of halogens is 1. The summed E-state index contributed by atoms with van der Waals surface area (Å²) in [6.45, 7) is 5.68. The first-order valence-electron chi connectivity index (χ1n) is 11.3. The van der Waals surface area contributed by atoms with Crippen molar-refractivity contribution in [1.29, 1.82) is 0 Å². The Bertz CT molecular complexity index is 1150. The summed E-state index contributed by atoms with van der Waals surface area (Å²) in [5.74, 6) is 0.0786. The summed E-state index contributed by atoms with van der Waals surface area (Å²) >= 11 is 7.02. The van der Waals surface area contributed by atoms with Crippen LogP contribution in [0.2, 0.25) is 5.02 Å². The molecule has 1 fully saturated rings. The molecule has 4 rings (SSSR count). The molecule has 0 unspecified atom stereocenters. The van der Waals surface area contributed by atoms with Gasteiger partial charge in [-0.05, 0) is 49.5 Å². The van der Waals surface area contributed by atoms with E-state index in [4.69, 9.17) is 16.3 Å². The first kappa shape index (κ1) is 25.1. The Balaban J connectivity index is 1.25. The highest BCUT2D eigenvalue weighted by Gasteiger charge is 2.16.